The molecule has 2 rings (SSSR count). The highest BCUT2D eigenvalue weighted by atomic mass is 127. The number of aryl methyl sites for hydroxylation is 1. The Labute approximate surface area is 156 Å². The minimum absolute atomic E-state index is 0. The lowest BCUT2D eigenvalue weighted by atomic mass is 10.1. The Morgan fingerprint density at radius 2 is 2.22 bits per heavy atom. The van der Waals surface area contributed by atoms with Crippen LogP contribution >= 0.6 is 24.0 Å². The van der Waals surface area contributed by atoms with Crippen molar-refractivity contribution in [3.63, 3.8) is 0 Å². The molecule has 0 radical (unpaired) electrons. The number of hydrogen-bond donors (Lipinski definition) is 1. The fourth-order valence-corrected chi connectivity index (χ4v) is 2.48. The van der Waals surface area contributed by atoms with Gasteiger partial charge in [0, 0.05) is 45.8 Å². The second-order valence-corrected chi connectivity index (χ2v) is 5.95. The van der Waals surface area contributed by atoms with Gasteiger partial charge in [-0.1, -0.05) is 12.1 Å². The molecule has 0 aromatic heterocycles. The van der Waals surface area contributed by atoms with Gasteiger partial charge >= 0.3 is 0 Å². The number of nitrogens with one attached hydrogen (secondary N) is 1. The zero-order valence-electron chi connectivity index (χ0n) is 14.5. The average molecular weight is 433 g/mol. The second-order valence-electron chi connectivity index (χ2n) is 5.95. The molecule has 130 valence electrons. The maximum atomic E-state index is 6.05. The predicted molar refractivity (Wildman–Crippen MR) is 105 cm³/mol. The minimum atomic E-state index is 0. The van der Waals surface area contributed by atoms with Crippen LogP contribution in [0.3, 0.4) is 0 Å². The first-order valence-corrected chi connectivity index (χ1v) is 7.78. The summed E-state index contributed by atoms with van der Waals surface area (Å²) in [7, 11) is 5.74. The molecule has 6 heteroatoms. The van der Waals surface area contributed by atoms with E-state index in [1.165, 1.54) is 5.56 Å². The van der Waals surface area contributed by atoms with E-state index < -0.39 is 0 Å². The van der Waals surface area contributed by atoms with Crippen molar-refractivity contribution in [2.24, 2.45) is 10.9 Å². The summed E-state index contributed by atoms with van der Waals surface area (Å²) in [5.74, 6) is 2.32. The average Bonchev–Trinajstić information content (AvgIpc) is 3.00. The highest BCUT2D eigenvalue weighted by Gasteiger charge is 2.17. The molecule has 1 aromatic carbocycles. The summed E-state index contributed by atoms with van der Waals surface area (Å²) in [6, 6.07) is 6.33. The zero-order chi connectivity index (χ0) is 15.9. The van der Waals surface area contributed by atoms with Gasteiger partial charge in [0.25, 0.3) is 0 Å². The molecule has 1 atom stereocenters. The summed E-state index contributed by atoms with van der Waals surface area (Å²) in [5, 5.41) is 3.34. The molecule has 1 aromatic rings. The van der Waals surface area contributed by atoms with Crippen molar-refractivity contribution < 1.29 is 9.47 Å². The molecule has 0 aliphatic carbocycles. The lowest BCUT2D eigenvalue weighted by molar-refractivity contribution is 0.166. The molecule has 0 spiro atoms. The van der Waals surface area contributed by atoms with Gasteiger partial charge in [0.15, 0.2) is 5.96 Å². The fraction of sp³-hybridized carbons (Fsp3) is 0.588. The largest absolute Gasteiger partial charge is 0.493 e. The molecular weight excluding hydrogens is 405 g/mol. The van der Waals surface area contributed by atoms with Crippen LogP contribution in [0.2, 0.25) is 0 Å². The van der Waals surface area contributed by atoms with E-state index in [1.807, 2.05) is 19.0 Å². The first kappa shape index (κ1) is 20.0. The van der Waals surface area contributed by atoms with E-state index in [2.05, 4.69) is 35.4 Å². The van der Waals surface area contributed by atoms with Crippen LogP contribution in [0.15, 0.2) is 23.2 Å². The van der Waals surface area contributed by atoms with Crippen LogP contribution in [0.4, 0.5) is 0 Å². The molecule has 23 heavy (non-hydrogen) atoms. The third kappa shape index (κ3) is 6.18. The number of ether oxygens (including phenoxy) is 2. The number of guanidine groups is 1. The number of benzene rings is 1. The van der Waals surface area contributed by atoms with Crippen molar-refractivity contribution in [2.45, 2.75) is 19.9 Å². The SMILES string of the molecule is CN=C(NCc1ccc(C)cc1OCC1CCOC1)N(C)C.I. The molecule has 0 amide bonds. The molecule has 0 bridgehead atoms. The van der Waals surface area contributed by atoms with Crippen LogP contribution < -0.4 is 10.1 Å². The summed E-state index contributed by atoms with van der Waals surface area (Å²) < 4.78 is 11.5. The van der Waals surface area contributed by atoms with E-state index in [0.717, 1.165) is 43.5 Å². The highest BCUT2D eigenvalue weighted by molar-refractivity contribution is 14.0. The molecule has 1 unspecified atom stereocenters. The Bertz CT molecular complexity index is 515. The van der Waals surface area contributed by atoms with Crippen molar-refractivity contribution in [1.82, 2.24) is 10.2 Å². The first-order valence-electron chi connectivity index (χ1n) is 7.78. The number of aliphatic imine (C=N–C) groups is 1. The molecule has 1 heterocycles. The van der Waals surface area contributed by atoms with Gasteiger partial charge in [-0.25, -0.2) is 0 Å². The summed E-state index contributed by atoms with van der Waals surface area (Å²) in [5.41, 5.74) is 2.35. The molecule has 1 aliphatic heterocycles. The number of rotatable bonds is 5. The van der Waals surface area contributed by atoms with Gasteiger partial charge in [-0.15, -0.1) is 24.0 Å². The van der Waals surface area contributed by atoms with Crippen molar-refractivity contribution in [2.75, 3.05) is 41.0 Å². The van der Waals surface area contributed by atoms with Crippen LogP contribution in [-0.4, -0.2) is 51.8 Å². The van der Waals surface area contributed by atoms with Crippen LogP contribution in [0.1, 0.15) is 17.5 Å². The smallest absolute Gasteiger partial charge is 0.193 e. The van der Waals surface area contributed by atoms with Crippen LogP contribution in [0.25, 0.3) is 0 Å². The zero-order valence-corrected chi connectivity index (χ0v) is 16.8. The molecule has 1 aliphatic rings. The Morgan fingerprint density at radius 1 is 1.43 bits per heavy atom. The minimum Gasteiger partial charge on any atom is -0.493 e. The van der Waals surface area contributed by atoms with E-state index in [4.69, 9.17) is 9.47 Å². The van der Waals surface area contributed by atoms with Gasteiger partial charge in [0.05, 0.1) is 13.2 Å². The second kappa shape index (κ2) is 9.97. The molecule has 1 fully saturated rings. The number of halogens is 1. The Kier molecular flexibility index (Phi) is 8.68. The third-order valence-electron chi connectivity index (χ3n) is 3.79. The maximum Gasteiger partial charge on any atom is 0.193 e. The van der Waals surface area contributed by atoms with Crippen molar-refractivity contribution >= 4 is 29.9 Å². The Morgan fingerprint density at radius 3 is 2.83 bits per heavy atom. The lowest BCUT2D eigenvalue weighted by Gasteiger charge is -2.19. The molecule has 1 N–H and O–H groups in total. The van der Waals surface area contributed by atoms with Crippen LogP contribution in [-0.2, 0) is 11.3 Å². The van der Waals surface area contributed by atoms with Crippen molar-refractivity contribution in [3.05, 3.63) is 29.3 Å². The van der Waals surface area contributed by atoms with E-state index >= 15 is 0 Å². The van der Waals surface area contributed by atoms with Gasteiger partial charge in [-0.05, 0) is 25.0 Å². The van der Waals surface area contributed by atoms with Crippen molar-refractivity contribution in [1.29, 1.82) is 0 Å². The van der Waals surface area contributed by atoms with E-state index in [1.54, 1.807) is 7.05 Å². The van der Waals surface area contributed by atoms with Crippen LogP contribution in [0, 0.1) is 12.8 Å². The Balaban J connectivity index is 0.00000264. The van der Waals surface area contributed by atoms with Gasteiger partial charge in [0.2, 0.25) is 0 Å². The summed E-state index contributed by atoms with van der Waals surface area (Å²) >= 11 is 0. The fourth-order valence-electron chi connectivity index (χ4n) is 2.48. The van der Waals surface area contributed by atoms with E-state index in [-0.39, 0.29) is 24.0 Å². The monoisotopic (exact) mass is 433 g/mol. The summed E-state index contributed by atoms with van der Waals surface area (Å²) in [4.78, 5) is 6.20. The lowest BCUT2D eigenvalue weighted by Crippen LogP contribution is -2.35. The van der Waals surface area contributed by atoms with Gasteiger partial charge < -0.3 is 19.7 Å². The topological polar surface area (TPSA) is 46.1 Å². The molecule has 0 saturated carbocycles. The van der Waals surface area contributed by atoms with E-state index in [0.29, 0.717) is 12.5 Å². The Hall–Kier alpha value is -1.02. The quantitative estimate of drug-likeness (QED) is 0.441. The maximum absolute atomic E-state index is 6.05. The van der Waals surface area contributed by atoms with Gasteiger partial charge in [0.1, 0.15) is 5.75 Å². The van der Waals surface area contributed by atoms with Crippen molar-refractivity contribution in [3.8, 4) is 5.75 Å². The third-order valence-corrected chi connectivity index (χ3v) is 3.79. The van der Waals surface area contributed by atoms with Gasteiger partial charge in [-0.2, -0.15) is 0 Å². The number of nitrogens with zero attached hydrogens (tertiary/aromatic N) is 2. The van der Waals surface area contributed by atoms with Crippen LogP contribution in [0.5, 0.6) is 5.75 Å². The number of hydrogen-bond acceptors (Lipinski definition) is 3. The van der Waals surface area contributed by atoms with Gasteiger partial charge in [-0.3, -0.25) is 4.99 Å². The van der Waals surface area contributed by atoms with E-state index in [9.17, 15) is 0 Å². The summed E-state index contributed by atoms with van der Waals surface area (Å²) in [6.07, 6.45) is 1.09. The molecule has 1 saturated heterocycles. The predicted octanol–water partition coefficient (Wildman–Crippen LogP) is 2.67. The summed E-state index contributed by atoms with van der Waals surface area (Å²) in [6.45, 7) is 5.17. The highest BCUT2D eigenvalue weighted by Crippen LogP contribution is 2.22. The standard InChI is InChI=1S/C17H27N3O2.HI/c1-13-5-6-15(10-19-17(18-2)20(3)4)16(9-13)22-12-14-7-8-21-11-14;/h5-6,9,14H,7-8,10-12H2,1-4H3,(H,18,19);1H. The normalized spacial score (nSPS) is 17.6. The first-order chi connectivity index (χ1) is 10.6. The molecular formula is C17H28IN3O2. The molecule has 5 nitrogen and oxygen atoms in total.